The maximum Gasteiger partial charge on any atom is 0.231 e. The molecule has 0 bridgehead atoms. The van der Waals surface area contributed by atoms with Gasteiger partial charge in [-0.25, -0.2) is 0 Å². The third kappa shape index (κ3) is 2.90. The predicted molar refractivity (Wildman–Crippen MR) is 63.8 cm³/mol. The maximum atomic E-state index is 9.94. The first kappa shape index (κ1) is 11.8. The monoisotopic (exact) mass is 233 g/mol. The van der Waals surface area contributed by atoms with Crippen molar-refractivity contribution < 1.29 is 14.6 Å². The fourth-order valence-electron chi connectivity index (χ4n) is 1.60. The molecule has 1 aliphatic rings. The topological polar surface area (TPSA) is 50.7 Å². The number of aliphatic hydroxyl groups excluding tert-OH is 1. The van der Waals surface area contributed by atoms with E-state index in [1.807, 2.05) is 12.1 Å². The Morgan fingerprint density at radius 3 is 3.06 bits per heavy atom. The third-order valence-electron chi connectivity index (χ3n) is 2.51. The van der Waals surface area contributed by atoms with Gasteiger partial charge in [0.2, 0.25) is 6.79 Å². The van der Waals surface area contributed by atoms with E-state index in [1.54, 1.807) is 13.0 Å². The minimum Gasteiger partial charge on any atom is -0.454 e. The second kappa shape index (κ2) is 5.58. The van der Waals surface area contributed by atoms with E-state index in [0.29, 0.717) is 18.8 Å². The molecule has 2 rings (SSSR count). The Kier molecular flexibility index (Phi) is 3.86. The Morgan fingerprint density at radius 2 is 2.24 bits per heavy atom. The van der Waals surface area contributed by atoms with Gasteiger partial charge in [-0.1, -0.05) is 12.0 Å². The van der Waals surface area contributed by atoms with E-state index in [2.05, 4.69) is 17.2 Å². The average molecular weight is 233 g/mol. The van der Waals surface area contributed by atoms with Gasteiger partial charge in [0.05, 0.1) is 12.6 Å². The summed E-state index contributed by atoms with van der Waals surface area (Å²) in [5, 5.41) is 13.0. The van der Waals surface area contributed by atoms with Crippen molar-refractivity contribution in [3.63, 3.8) is 0 Å². The minimum absolute atomic E-state index is 0.249. The molecule has 0 saturated heterocycles. The molecule has 0 aliphatic carbocycles. The summed E-state index contributed by atoms with van der Waals surface area (Å²) in [7, 11) is 0. The highest BCUT2D eigenvalue weighted by Crippen LogP contribution is 2.33. The molecule has 2 N–H and O–H groups in total. The molecular weight excluding hydrogens is 218 g/mol. The highest BCUT2D eigenvalue weighted by Gasteiger charge is 2.16. The number of aliphatic hydroxyl groups is 1. The molecule has 0 saturated carbocycles. The van der Waals surface area contributed by atoms with Crippen LogP contribution in [-0.2, 0) is 0 Å². The van der Waals surface area contributed by atoms with Crippen LogP contribution in [0.15, 0.2) is 18.2 Å². The largest absolute Gasteiger partial charge is 0.454 e. The summed E-state index contributed by atoms with van der Waals surface area (Å²) >= 11 is 0. The second-order valence-electron chi connectivity index (χ2n) is 3.69. The fraction of sp³-hybridized carbons (Fsp3) is 0.385. The number of fused-ring (bicyclic) bond motifs is 1. The molecule has 1 aromatic carbocycles. The van der Waals surface area contributed by atoms with Crippen molar-refractivity contribution in [2.75, 3.05) is 19.9 Å². The van der Waals surface area contributed by atoms with Crippen LogP contribution >= 0.6 is 0 Å². The summed E-state index contributed by atoms with van der Waals surface area (Å²) < 4.78 is 10.5. The van der Waals surface area contributed by atoms with Crippen LogP contribution < -0.4 is 14.8 Å². The zero-order valence-corrected chi connectivity index (χ0v) is 9.69. The quantitative estimate of drug-likeness (QED) is 0.603. The van der Waals surface area contributed by atoms with Gasteiger partial charge in [-0.2, -0.15) is 0 Å². The molecule has 4 nitrogen and oxygen atoms in total. The Balaban J connectivity index is 1.94. The number of hydrogen-bond acceptors (Lipinski definition) is 4. The van der Waals surface area contributed by atoms with Crippen LogP contribution in [0.4, 0.5) is 0 Å². The smallest absolute Gasteiger partial charge is 0.231 e. The molecule has 1 aromatic rings. The van der Waals surface area contributed by atoms with E-state index in [4.69, 9.17) is 9.47 Å². The van der Waals surface area contributed by atoms with E-state index in [0.717, 1.165) is 11.3 Å². The summed E-state index contributed by atoms with van der Waals surface area (Å²) in [6.07, 6.45) is -0.567. The number of ether oxygens (including phenoxy) is 2. The molecule has 1 unspecified atom stereocenters. The Hall–Kier alpha value is -1.70. The van der Waals surface area contributed by atoms with Gasteiger partial charge in [0.25, 0.3) is 0 Å². The summed E-state index contributed by atoms with van der Waals surface area (Å²) in [5.74, 6) is 7.08. The van der Waals surface area contributed by atoms with Crippen molar-refractivity contribution in [1.29, 1.82) is 0 Å². The molecule has 0 amide bonds. The number of benzene rings is 1. The third-order valence-corrected chi connectivity index (χ3v) is 2.51. The lowest BCUT2D eigenvalue weighted by Crippen LogP contribution is -2.21. The van der Waals surface area contributed by atoms with Gasteiger partial charge in [0.1, 0.15) is 0 Å². The van der Waals surface area contributed by atoms with E-state index in [-0.39, 0.29) is 6.79 Å². The van der Waals surface area contributed by atoms with Crippen LogP contribution in [-0.4, -0.2) is 25.0 Å². The van der Waals surface area contributed by atoms with Crippen LogP contribution in [0.1, 0.15) is 18.6 Å². The lowest BCUT2D eigenvalue weighted by atomic mass is 10.1. The Labute approximate surface area is 101 Å². The predicted octanol–water partition coefficient (Wildman–Crippen LogP) is 1.06. The SMILES string of the molecule is CC#CCNCC(O)c1ccc2c(c1)OCO2. The van der Waals surface area contributed by atoms with Crippen molar-refractivity contribution in [2.45, 2.75) is 13.0 Å². The van der Waals surface area contributed by atoms with Crippen LogP contribution in [0.5, 0.6) is 11.5 Å². The van der Waals surface area contributed by atoms with Crippen LogP contribution in [0.25, 0.3) is 0 Å². The highest BCUT2D eigenvalue weighted by atomic mass is 16.7. The van der Waals surface area contributed by atoms with Crippen molar-refractivity contribution in [1.82, 2.24) is 5.32 Å². The molecule has 90 valence electrons. The molecule has 1 aliphatic heterocycles. The summed E-state index contributed by atoms with van der Waals surface area (Å²) in [6.45, 7) is 3.08. The van der Waals surface area contributed by atoms with Crippen molar-refractivity contribution in [2.24, 2.45) is 0 Å². The highest BCUT2D eigenvalue weighted by molar-refractivity contribution is 5.45. The summed E-state index contributed by atoms with van der Waals surface area (Å²) in [6, 6.07) is 5.46. The van der Waals surface area contributed by atoms with Crippen LogP contribution in [0, 0.1) is 11.8 Å². The van der Waals surface area contributed by atoms with Gasteiger partial charge in [0.15, 0.2) is 11.5 Å². The van der Waals surface area contributed by atoms with E-state index in [9.17, 15) is 5.11 Å². The maximum absolute atomic E-state index is 9.94. The van der Waals surface area contributed by atoms with Gasteiger partial charge in [-0.15, -0.1) is 5.92 Å². The molecule has 4 heteroatoms. The Morgan fingerprint density at radius 1 is 1.41 bits per heavy atom. The second-order valence-corrected chi connectivity index (χ2v) is 3.69. The number of rotatable bonds is 4. The molecule has 17 heavy (non-hydrogen) atoms. The first-order valence-electron chi connectivity index (χ1n) is 5.49. The molecule has 1 atom stereocenters. The fourth-order valence-corrected chi connectivity index (χ4v) is 1.60. The molecule has 0 aromatic heterocycles. The standard InChI is InChI=1S/C13H15NO3/c1-2-3-6-14-8-11(15)10-4-5-12-13(7-10)17-9-16-12/h4-5,7,11,14-15H,6,8-9H2,1H3. The van der Waals surface area contributed by atoms with Gasteiger partial charge < -0.3 is 19.9 Å². The zero-order valence-electron chi connectivity index (χ0n) is 9.69. The van der Waals surface area contributed by atoms with Gasteiger partial charge in [-0.3, -0.25) is 0 Å². The molecule has 0 fully saturated rings. The first-order valence-corrected chi connectivity index (χ1v) is 5.49. The summed E-state index contributed by atoms with van der Waals surface area (Å²) in [4.78, 5) is 0. The van der Waals surface area contributed by atoms with Crippen LogP contribution in [0.2, 0.25) is 0 Å². The van der Waals surface area contributed by atoms with Crippen LogP contribution in [0.3, 0.4) is 0 Å². The molecule has 1 heterocycles. The average Bonchev–Trinajstić information content (AvgIpc) is 2.81. The van der Waals surface area contributed by atoms with E-state index >= 15 is 0 Å². The van der Waals surface area contributed by atoms with Gasteiger partial charge in [0, 0.05) is 6.54 Å². The molecule has 0 radical (unpaired) electrons. The number of hydrogen-bond donors (Lipinski definition) is 2. The van der Waals surface area contributed by atoms with Crippen molar-refractivity contribution in [3.05, 3.63) is 23.8 Å². The van der Waals surface area contributed by atoms with E-state index in [1.165, 1.54) is 0 Å². The number of nitrogens with one attached hydrogen (secondary N) is 1. The minimum atomic E-state index is -0.567. The Bertz CT molecular complexity index is 448. The molecule has 0 spiro atoms. The van der Waals surface area contributed by atoms with Crippen molar-refractivity contribution >= 4 is 0 Å². The van der Waals surface area contributed by atoms with Gasteiger partial charge in [-0.05, 0) is 24.6 Å². The lowest BCUT2D eigenvalue weighted by Gasteiger charge is -2.11. The first-order chi connectivity index (χ1) is 8.31. The van der Waals surface area contributed by atoms with Gasteiger partial charge >= 0.3 is 0 Å². The van der Waals surface area contributed by atoms with Crippen molar-refractivity contribution in [3.8, 4) is 23.3 Å². The summed E-state index contributed by atoms with van der Waals surface area (Å²) in [5.41, 5.74) is 0.811. The lowest BCUT2D eigenvalue weighted by molar-refractivity contribution is 0.171. The molecular formula is C13H15NO3. The van der Waals surface area contributed by atoms with E-state index < -0.39 is 6.10 Å². The normalized spacial score (nSPS) is 14.0. The zero-order chi connectivity index (χ0) is 12.1.